The van der Waals surface area contributed by atoms with Gasteiger partial charge in [0.05, 0.1) is 11.3 Å². The van der Waals surface area contributed by atoms with E-state index in [1.165, 1.54) is 6.07 Å². The summed E-state index contributed by atoms with van der Waals surface area (Å²) in [6.07, 6.45) is 10.5. The number of benzene rings is 2. The van der Waals surface area contributed by atoms with E-state index in [9.17, 15) is 23.9 Å². The van der Waals surface area contributed by atoms with Crippen molar-refractivity contribution >= 4 is 35.4 Å². The molecule has 198 valence electrons. The molecule has 1 aliphatic rings. The van der Waals surface area contributed by atoms with Gasteiger partial charge >= 0.3 is 12.0 Å². The summed E-state index contributed by atoms with van der Waals surface area (Å²) < 4.78 is 14.1. The molecule has 0 bridgehead atoms. The van der Waals surface area contributed by atoms with Crippen molar-refractivity contribution < 1.29 is 23.9 Å². The number of aryl methyl sites for hydroxylation is 2. The molecule has 4 N–H and O–H groups in total. The van der Waals surface area contributed by atoms with E-state index in [0.29, 0.717) is 5.69 Å². The fraction of sp³-hybridized carbons (Fsp3) is 0.414. The lowest BCUT2D eigenvalue weighted by Gasteiger charge is -2.28. The van der Waals surface area contributed by atoms with Crippen LogP contribution in [-0.2, 0) is 4.79 Å². The number of allylic oxidation sites excluding steroid dienone is 1. The third kappa shape index (κ3) is 7.65. The Morgan fingerprint density at radius 1 is 1.05 bits per heavy atom. The van der Waals surface area contributed by atoms with Crippen LogP contribution in [0.4, 0.5) is 20.6 Å². The van der Waals surface area contributed by atoms with Crippen molar-refractivity contribution in [1.82, 2.24) is 5.32 Å². The first kappa shape index (κ1) is 27.9. The number of amides is 3. The summed E-state index contributed by atoms with van der Waals surface area (Å²) in [6, 6.07) is 5.64. The number of carbonyl (C=O) groups is 3. The first-order valence-corrected chi connectivity index (χ1v) is 12.9. The number of unbranched alkanes of at least 4 members (excludes halogenated alkanes) is 1. The van der Waals surface area contributed by atoms with Gasteiger partial charge in [-0.05, 0) is 86.1 Å². The number of carboxylic acid groups (broad SMARTS) is 1. The van der Waals surface area contributed by atoms with Gasteiger partial charge in [-0.25, -0.2) is 14.0 Å². The van der Waals surface area contributed by atoms with Gasteiger partial charge in [0, 0.05) is 5.69 Å². The van der Waals surface area contributed by atoms with Crippen molar-refractivity contribution in [2.24, 2.45) is 5.92 Å². The Balaban J connectivity index is 1.76. The number of aliphatic carboxylic acids is 1. The Labute approximate surface area is 217 Å². The fourth-order valence-corrected chi connectivity index (χ4v) is 4.83. The van der Waals surface area contributed by atoms with E-state index < -0.39 is 29.8 Å². The molecule has 3 amide bonds. The Kier molecular flexibility index (Phi) is 9.83. The Hall–Kier alpha value is -3.68. The smallest absolute Gasteiger partial charge is 0.326 e. The normalized spacial score (nSPS) is 14.8. The zero-order valence-corrected chi connectivity index (χ0v) is 21.7. The predicted molar refractivity (Wildman–Crippen MR) is 144 cm³/mol. The molecule has 2 aromatic carbocycles. The number of halogens is 1. The molecular weight excluding hydrogens is 473 g/mol. The maximum Gasteiger partial charge on any atom is 0.326 e. The van der Waals surface area contributed by atoms with Gasteiger partial charge in [0.15, 0.2) is 0 Å². The van der Waals surface area contributed by atoms with Crippen LogP contribution in [0.15, 0.2) is 36.4 Å². The maximum atomic E-state index is 14.1. The largest absolute Gasteiger partial charge is 0.480 e. The standard InChI is InChI=1S/C29H36FN3O4/c1-4-5-7-10-20-15-18(2)25(19(3)16-20)33-29(37)31-24-17-22(30)13-14-23(24)27(34)32-26(28(35)36)21-11-8-6-9-12-21/h7,10,13-17,21,26H,4-6,8-9,11-12H2,1-3H3,(H,32,34)(H,35,36)(H2,31,33,37)/t26-/m0/s1. The number of nitrogens with one attached hydrogen (secondary N) is 3. The van der Waals surface area contributed by atoms with E-state index in [0.717, 1.165) is 73.8 Å². The third-order valence-electron chi connectivity index (χ3n) is 6.71. The number of hydrogen-bond acceptors (Lipinski definition) is 3. The molecule has 1 saturated carbocycles. The van der Waals surface area contributed by atoms with E-state index in [1.54, 1.807) is 0 Å². The van der Waals surface area contributed by atoms with Gasteiger partial charge in [-0.1, -0.05) is 44.8 Å². The topological polar surface area (TPSA) is 108 Å². The molecule has 3 rings (SSSR count). The molecule has 0 saturated heterocycles. The molecule has 0 radical (unpaired) electrons. The van der Waals surface area contributed by atoms with Crippen LogP contribution in [0.2, 0.25) is 0 Å². The molecule has 0 heterocycles. The van der Waals surface area contributed by atoms with E-state index in [1.807, 2.05) is 32.1 Å². The summed E-state index contributed by atoms with van der Waals surface area (Å²) in [6.45, 7) is 5.89. The van der Waals surface area contributed by atoms with E-state index in [-0.39, 0.29) is 17.2 Å². The van der Waals surface area contributed by atoms with Crippen molar-refractivity contribution in [2.45, 2.75) is 71.8 Å². The molecule has 2 aromatic rings. The van der Waals surface area contributed by atoms with Crippen LogP contribution >= 0.6 is 0 Å². The number of anilines is 2. The highest BCUT2D eigenvalue weighted by Gasteiger charge is 2.31. The second-order valence-electron chi connectivity index (χ2n) is 9.68. The highest BCUT2D eigenvalue weighted by Crippen LogP contribution is 2.28. The van der Waals surface area contributed by atoms with Gasteiger partial charge in [0.2, 0.25) is 0 Å². The summed E-state index contributed by atoms with van der Waals surface area (Å²) in [5.74, 6) is -2.58. The number of carbonyl (C=O) groups excluding carboxylic acids is 2. The monoisotopic (exact) mass is 509 g/mol. The first-order valence-electron chi connectivity index (χ1n) is 12.9. The van der Waals surface area contributed by atoms with Gasteiger partial charge in [0.1, 0.15) is 11.9 Å². The first-order chi connectivity index (χ1) is 17.7. The quantitative estimate of drug-likeness (QED) is 0.303. The van der Waals surface area contributed by atoms with Crippen LogP contribution in [0.3, 0.4) is 0 Å². The third-order valence-corrected chi connectivity index (χ3v) is 6.71. The average molecular weight is 510 g/mol. The molecular formula is C29H36FN3O4. The number of rotatable bonds is 9. The molecule has 1 fully saturated rings. The minimum absolute atomic E-state index is 0.0107. The second-order valence-corrected chi connectivity index (χ2v) is 9.68. The van der Waals surface area contributed by atoms with Crippen LogP contribution in [0.1, 0.15) is 78.9 Å². The minimum Gasteiger partial charge on any atom is -0.480 e. The molecule has 1 atom stereocenters. The van der Waals surface area contributed by atoms with Crippen LogP contribution in [0.5, 0.6) is 0 Å². The van der Waals surface area contributed by atoms with Gasteiger partial charge in [0.25, 0.3) is 5.91 Å². The summed E-state index contributed by atoms with van der Waals surface area (Å²) >= 11 is 0. The molecule has 8 heteroatoms. The lowest BCUT2D eigenvalue weighted by Crippen LogP contribution is -2.46. The average Bonchev–Trinajstić information content (AvgIpc) is 2.85. The molecule has 0 aliphatic heterocycles. The summed E-state index contributed by atoms with van der Waals surface area (Å²) in [5, 5.41) is 17.7. The summed E-state index contributed by atoms with van der Waals surface area (Å²) in [7, 11) is 0. The van der Waals surface area contributed by atoms with Gasteiger partial charge in [-0.2, -0.15) is 0 Å². The fourth-order valence-electron chi connectivity index (χ4n) is 4.83. The molecule has 37 heavy (non-hydrogen) atoms. The molecule has 0 unspecified atom stereocenters. The van der Waals surface area contributed by atoms with Gasteiger partial charge in [-0.3, -0.25) is 4.79 Å². The van der Waals surface area contributed by atoms with Crippen molar-refractivity contribution in [1.29, 1.82) is 0 Å². The predicted octanol–water partition coefficient (Wildman–Crippen LogP) is 6.66. The maximum absolute atomic E-state index is 14.1. The summed E-state index contributed by atoms with van der Waals surface area (Å²) in [4.78, 5) is 37.8. The number of carboxylic acids is 1. The molecule has 7 nitrogen and oxygen atoms in total. The van der Waals surface area contributed by atoms with Crippen molar-refractivity contribution in [3.05, 3.63) is 64.5 Å². The minimum atomic E-state index is -1.10. The SMILES string of the molecule is CCCC=Cc1cc(C)c(NC(=O)Nc2cc(F)ccc2C(=O)N[C@H](C(=O)O)C2CCCCC2)c(C)c1. The Morgan fingerprint density at radius 3 is 2.35 bits per heavy atom. The molecule has 0 aromatic heterocycles. The zero-order chi connectivity index (χ0) is 26.9. The van der Waals surface area contributed by atoms with Crippen LogP contribution in [0, 0.1) is 25.6 Å². The van der Waals surface area contributed by atoms with Gasteiger partial charge < -0.3 is 21.1 Å². The zero-order valence-electron chi connectivity index (χ0n) is 21.7. The number of hydrogen-bond donors (Lipinski definition) is 4. The van der Waals surface area contributed by atoms with Crippen molar-refractivity contribution in [3.63, 3.8) is 0 Å². The Morgan fingerprint density at radius 2 is 1.73 bits per heavy atom. The van der Waals surface area contributed by atoms with Crippen LogP contribution in [0.25, 0.3) is 6.08 Å². The summed E-state index contributed by atoms with van der Waals surface area (Å²) in [5.41, 5.74) is 3.32. The lowest BCUT2D eigenvalue weighted by molar-refractivity contribution is -0.141. The van der Waals surface area contributed by atoms with E-state index >= 15 is 0 Å². The van der Waals surface area contributed by atoms with Crippen molar-refractivity contribution in [3.8, 4) is 0 Å². The van der Waals surface area contributed by atoms with E-state index in [2.05, 4.69) is 29.0 Å². The molecule has 0 spiro atoms. The second kappa shape index (κ2) is 13.0. The van der Waals surface area contributed by atoms with Crippen molar-refractivity contribution in [2.75, 3.05) is 10.6 Å². The Bertz CT molecular complexity index is 1150. The highest BCUT2D eigenvalue weighted by molar-refractivity contribution is 6.07. The van der Waals surface area contributed by atoms with Gasteiger partial charge in [-0.15, -0.1) is 0 Å². The highest BCUT2D eigenvalue weighted by atomic mass is 19.1. The van der Waals surface area contributed by atoms with E-state index in [4.69, 9.17) is 0 Å². The van der Waals surface area contributed by atoms with Crippen LogP contribution in [-0.4, -0.2) is 29.1 Å². The van der Waals surface area contributed by atoms with Crippen LogP contribution < -0.4 is 16.0 Å². The lowest BCUT2D eigenvalue weighted by atomic mass is 9.84. The number of urea groups is 1. The molecule has 1 aliphatic carbocycles.